The van der Waals surface area contributed by atoms with E-state index in [2.05, 4.69) is 15.6 Å². The highest BCUT2D eigenvalue weighted by molar-refractivity contribution is 6.05. The Labute approximate surface area is 183 Å². The average molecular weight is 432 g/mol. The number of amides is 2. The molecule has 0 atom stereocenters. The van der Waals surface area contributed by atoms with Crippen molar-refractivity contribution in [2.45, 2.75) is 6.54 Å². The van der Waals surface area contributed by atoms with E-state index in [1.54, 1.807) is 54.9 Å². The maximum absolute atomic E-state index is 12.8. The van der Waals surface area contributed by atoms with Gasteiger partial charge in [0, 0.05) is 36.6 Å². The van der Waals surface area contributed by atoms with Crippen LogP contribution < -0.4 is 15.4 Å². The molecule has 1 aromatic heterocycles. The van der Waals surface area contributed by atoms with E-state index in [-0.39, 0.29) is 17.9 Å². The van der Waals surface area contributed by atoms with Gasteiger partial charge < -0.3 is 15.4 Å². The standard InChI is InChI=1S/C23H20N4O5/c1-32-20-9-7-18(8-10-20)22(28)26-21(13-16-4-2-6-19(12-16)27(30)31)23(29)25-15-17-5-3-11-24-14-17/h2-14H,15H2,1H3,(H,25,29)(H,26,28)/b21-13-. The van der Waals surface area contributed by atoms with Gasteiger partial charge in [0.15, 0.2) is 0 Å². The third-order valence-corrected chi connectivity index (χ3v) is 4.41. The monoisotopic (exact) mass is 432 g/mol. The highest BCUT2D eigenvalue weighted by Crippen LogP contribution is 2.16. The smallest absolute Gasteiger partial charge is 0.270 e. The van der Waals surface area contributed by atoms with Crippen LogP contribution in [0.4, 0.5) is 5.69 Å². The van der Waals surface area contributed by atoms with Gasteiger partial charge in [0.05, 0.1) is 12.0 Å². The van der Waals surface area contributed by atoms with E-state index < -0.39 is 16.7 Å². The number of nitro groups is 1. The molecule has 0 fully saturated rings. The second-order valence-corrected chi connectivity index (χ2v) is 6.64. The summed E-state index contributed by atoms with van der Waals surface area (Å²) in [6, 6.07) is 15.7. The van der Waals surface area contributed by atoms with Gasteiger partial charge in [-0.25, -0.2) is 0 Å². The number of hydrogen-bond acceptors (Lipinski definition) is 6. The van der Waals surface area contributed by atoms with Crippen LogP contribution >= 0.6 is 0 Å². The zero-order valence-corrected chi connectivity index (χ0v) is 17.1. The van der Waals surface area contributed by atoms with Crippen molar-refractivity contribution in [3.8, 4) is 5.75 Å². The third kappa shape index (κ3) is 5.99. The molecule has 3 aromatic rings. The molecule has 0 unspecified atom stereocenters. The van der Waals surface area contributed by atoms with Gasteiger partial charge in [-0.1, -0.05) is 18.2 Å². The average Bonchev–Trinajstić information content (AvgIpc) is 2.83. The quantitative estimate of drug-likeness (QED) is 0.320. The molecule has 162 valence electrons. The number of nitro benzene ring substituents is 1. The van der Waals surface area contributed by atoms with Crippen LogP contribution in [0.3, 0.4) is 0 Å². The Bertz CT molecular complexity index is 1140. The van der Waals surface area contributed by atoms with Crippen LogP contribution in [-0.4, -0.2) is 28.8 Å². The lowest BCUT2D eigenvalue weighted by atomic mass is 10.1. The van der Waals surface area contributed by atoms with Crippen LogP contribution in [0, 0.1) is 10.1 Å². The van der Waals surface area contributed by atoms with Crippen molar-refractivity contribution in [1.29, 1.82) is 0 Å². The van der Waals surface area contributed by atoms with E-state index in [0.717, 1.165) is 5.56 Å². The second kappa shape index (κ2) is 10.5. The highest BCUT2D eigenvalue weighted by Gasteiger charge is 2.16. The van der Waals surface area contributed by atoms with Crippen LogP contribution in [0.1, 0.15) is 21.5 Å². The molecule has 0 aliphatic carbocycles. The number of ether oxygens (including phenoxy) is 1. The number of hydrogen-bond donors (Lipinski definition) is 2. The Morgan fingerprint density at radius 3 is 2.56 bits per heavy atom. The lowest BCUT2D eigenvalue weighted by molar-refractivity contribution is -0.384. The van der Waals surface area contributed by atoms with Crippen molar-refractivity contribution in [2.24, 2.45) is 0 Å². The number of nitrogens with zero attached hydrogens (tertiary/aromatic N) is 2. The number of non-ortho nitro benzene ring substituents is 1. The van der Waals surface area contributed by atoms with Crippen molar-refractivity contribution in [1.82, 2.24) is 15.6 Å². The minimum atomic E-state index is -0.553. The summed E-state index contributed by atoms with van der Waals surface area (Å²) in [6.45, 7) is 0.192. The van der Waals surface area contributed by atoms with Crippen LogP contribution in [-0.2, 0) is 11.3 Å². The SMILES string of the molecule is COc1ccc(C(=O)N/C(=C\c2cccc([N+](=O)[O-])c2)C(=O)NCc2cccnc2)cc1. The predicted octanol–water partition coefficient (Wildman–Crippen LogP) is 3.09. The molecule has 0 aliphatic heterocycles. The molecular weight excluding hydrogens is 412 g/mol. The zero-order valence-electron chi connectivity index (χ0n) is 17.1. The first-order valence-corrected chi connectivity index (χ1v) is 9.55. The van der Waals surface area contributed by atoms with Crippen LogP contribution in [0.2, 0.25) is 0 Å². The summed E-state index contributed by atoms with van der Waals surface area (Å²) >= 11 is 0. The molecule has 32 heavy (non-hydrogen) atoms. The van der Waals surface area contributed by atoms with Gasteiger partial charge in [0.25, 0.3) is 17.5 Å². The van der Waals surface area contributed by atoms with Gasteiger partial charge in [-0.05, 0) is 47.5 Å². The molecule has 9 heteroatoms. The van der Waals surface area contributed by atoms with Crippen molar-refractivity contribution in [2.75, 3.05) is 7.11 Å². The van der Waals surface area contributed by atoms with E-state index in [1.807, 2.05) is 0 Å². The molecule has 2 amide bonds. The lowest BCUT2D eigenvalue weighted by Crippen LogP contribution is -2.34. The molecule has 2 aromatic carbocycles. The number of methoxy groups -OCH3 is 1. The van der Waals surface area contributed by atoms with E-state index >= 15 is 0 Å². The number of nitrogens with one attached hydrogen (secondary N) is 2. The number of carbonyl (C=O) groups is 2. The van der Waals surface area contributed by atoms with E-state index in [4.69, 9.17) is 4.74 Å². The fourth-order valence-corrected chi connectivity index (χ4v) is 2.77. The van der Waals surface area contributed by atoms with Crippen molar-refractivity contribution in [3.63, 3.8) is 0 Å². The highest BCUT2D eigenvalue weighted by atomic mass is 16.6. The largest absolute Gasteiger partial charge is 0.497 e. The van der Waals surface area contributed by atoms with Gasteiger partial charge >= 0.3 is 0 Å². The fraction of sp³-hybridized carbons (Fsp3) is 0.0870. The molecule has 9 nitrogen and oxygen atoms in total. The third-order valence-electron chi connectivity index (χ3n) is 4.41. The minimum absolute atomic E-state index is 0.0600. The van der Waals surface area contributed by atoms with Crippen molar-refractivity contribution >= 4 is 23.6 Å². The van der Waals surface area contributed by atoms with Crippen LogP contribution in [0.15, 0.2) is 78.8 Å². The minimum Gasteiger partial charge on any atom is -0.497 e. The first kappa shape index (κ1) is 22.2. The molecule has 0 saturated carbocycles. The summed E-state index contributed by atoms with van der Waals surface area (Å²) in [6.07, 6.45) is 4.61. The van der Waals surface area contributed by atoms with E-state index in [1.165, 1.54) is 31.4 Å². The maximum Gasteiger partial charge on any atom is 0.270 e. The summed E-state index contributed by atoms with van der Waals surface area (Å²) in [5.74, 6) is -0.480. The van der Waals surface area contributed by atoms with Crippen molar-refractivity contribution < 1.29 is 19.2 Å². The lowest BCUT2D eigenvalue weighted by Gasteiger charge is -2.12. The van der Waals surface area contributed by atoms with Gasteiger partial charge in [-0.3, -0.25) is 24.7 Å². The van der Waals surface area contributed by atoms with Gasteiger partial charge in [0.1, 0.15) is 11.4 Å². The van der Waals surface area contributed by atoms with Gasteiger partial charge in [-0.2, -0.15) is 0 Å². The molecule has 3 rings (SSSR count). The van der Waals surface area contributed by atoms with E-state index in [0.29, 0.717) is 16.9 Å². The number of aromatic nitrogens is 1. The summed E-state index contributed by atoms with van der Waals surface area (Å²) < 4.78 is 5.08. The molecule has 0 bridgehead atoms. The zero-order chi connectivity index (χ0) is 22.9. The van der Waals surface area contributed by atoms with Gasteiger partial charge in [0.2, 0.25) is 0 Å². The summed E-state index contributed by atoms with van der Waals surface area (Å²) in [5, 5.41) is 16.4. The first-order chi connectivity index (χ1) is 15.5. The topological polar surface area (TPSA) is 123 Å². The Hall–Kier alpha value is -4.53. The number of carbonyl (C=O) groups excluding carboxylic acids is 2. The second-order valence-electron chi connectivity index (χ2n) is 6.64. The number of pyridine rings is 1. The number of benzene rings is 2. The predicted molar refractivity (Wildman–Crippen MR) is 118 cm³/mol. The normalized spacial score (nSPS) is 10.8. The van der Waals surface area contributed by atoms with Crippen LogP contribution in [0.25, 0.3) is 6.08 Å². The maximum atomic E-state index is 12.8. The molecule has 1 heterocycles. The van der Waals surface area contributed by atoms with Crippen molar-refractivity contribution in [3.05, 3.63) is 106 Å². The molecule has 0 aliphatic rings. The van der Waals surface area contributed by atoms with E-state index in [9.17, 15) is 19.7 Å². The van der Waals surface area contributed by atoms with Gasteiger partial charge in [-0.15, -0.1) is 0 Å². The molecule has 0 spiro atoms. The number of rotatable bonds is 8. The summed E-state index contributed by atoms with van der Waals surface area (Å²) in [7, 11) is 1.52. The molecular formula is C23H20N4O5. The fourth-order valence-electron chi connectivity index (χ4n) is 2.77. The summed E-state index contributed by atoms with van der Waals surface area (Å²) in [4.78, 5) is 40.1. The molecule has 0 saturated heterocycles. The summed E-state index contributed by atoms with van der Waals surface area (Å²) in [5.41, 5.74) is 1.29. The Kier molecular flexibility index (Phi) is 7.26. The van der Waals surface area contributed by atoms with Crippen LogP contribution in [0.5, 0.6) is 5.75 Å². The Balaban J connectivity index is 1.85. The molecule has 0 radical (unpaired) electrons. The Morgan fingerprint density at radius 2 is 1.91 bits per heavy atom. The Morgan fingerprint density at radius 1 is 1.12 bits per heavy atom. The first-order valence-electron chi connectivity index (χ1n) is 9.55. The molecule has 2 N–H and O–H groups in total.